The molecule has 166 valence electrons. The van der Waals surface area contributed by atoms with Gasteiger partial charge in [0.25, 0.3) is 0 Å². The van der Waals surface area contributed by atoms with Crippen molar-refractivity contribution in [2.45, 2.75) is 32.2 Å². The van der Waals surface area contributed by atoms with Gasteiger partial charge in [-0.25, -0.2) is 0 Å². The lowest BCUT2D eigenvalue weighted by Crippen LogP contribution is -2.39. The van der Waals surface area contributed by atoms with Crippen molar-refractivity contribution in [1.29, 1.82) is 0 Å². The Balaban J connectivity index is 0.00000320. The second-order valence-corrected chi connectivity index (χ2v) is 7.73. The summed E-state index contributed by atoms with van der Waals surface area (Å²) in [4.78, 5) is 9.47. The molecule has 0 saturated carbocycles. The summed E-state index contributed by atoms with van der Waals surface area (Å²) < 4.78 is 5.71. The molecule has 1 aromatic carbocycles. The molecule has 2 heterocycles. The lowest BCUT2D eigenvalue weighted by molar-refractivity contribution is 0.221. The number of furan rings is 1. The molecule has 1 aliphatic heterocycles. The molecule has 3 rings (SSSR count). The average Bonchev–Trinajstić information content (AvgIpc) is 3.43. The van der Waals surface area contributed by atoms with E-state index in [1.807, 2.05) is 6.07 Å². The lowest BCUT2D eigenvalue weighted by Gasteiger charge is -2.24. The summed E-state index contributed by atoms with van der Waals surface area (Å²) in [6.45, 7) is 6.73. The first-order chi connectivity index (χ1) is 14.2. The first-order valence-corrected chi connectivity index (χ1v) is 10.7. The molecule has 0 amide bonds. The van der Waals surface area contributed by atoms with Crippen LogP contribution in [0.2, 0.25) is 0 Å². The number of rotatable bonds is 9. The predicted molar refractivity (Wildman–Crippen MR) is 136 cm³/mol. The lowest BCUT2D eigenvalue weighted by atomic mass is 10.1. The molecule has 2 aromatic rings. The SMILES string of the molecule is CCNC(=NCC(c1ccco1)N1CCCC1)NCCc1ccc(N(C)C)cc1.I. The zero-order valence-electron chi connectivity index (χ0n) is 18.4. The summed E-state index contributed by atoms with van der Waals surface area (Å²) >= 11 is 0. The van der Waals surface area contributed by atoms with E-state index in [1.165, 1.54) is 24.1 Å². The van der Waals surface area contributed by atoms with E-state index in [9.17, 15) is 0 Å². The Morgan fingerprint density at radius 3 is 2.47 bits per heavy atom. The number of benzene rings is 1. The van der Waals surface area contributed by atoms with Crippen LogP contribution < -0.4 is 15.5 Å². The number of aliphatic imine (C=N–C) groups is 1. The Bertz CT molecular complexity index is 739. The van der Waals surface area contributed by atoms with Crippen LogP contribution >= 0.6 is 24.0 Å². The van der Waals surface area contributed by atoms with Gasteiger partial charge in [-0.3, -0.25) is 9.89 Å². The minimum Gasteiger partial charge on any atom is -0.468 e. The molecular weight excluding hydrogens is 489 g/mol. The minimum absolute atomic E-state index is 0. The summed E-state index contributed by atoms with van der Waals surface area (Å²) in [5.74, 6) is 1.88. The van der Waals surface area contributed by atoms with Crippen LogP contribution in [-0.4, -0.2) is 57.7 Å². The Kier molecular flexibility index (Phi) is 10.5. The van der Waals surface area contributed by atoms with E-state index in [0.29, 0.717) is 6.54 Å². The fourth-order valence-corrected chi connectivity index (χ4v) is 3.73. The van der Waals surface area contributed by atoms with Gasteiger partial charge in [-0.05, 0) is 69.1 Å². The Morgan fingerprint density at radius 1 is 1.13 bits per heavy atom. The molecule has 1 aliphatic rings. The number of hydrogen-bond donors (Lipinski definition) is 2. The molecule has 7 heteroatoms. The second kappa shape index (κ2) is 12.8. The van der Waals surface area contributed by atoms with Gasteiger partial charge in [0, 0.05) is 32.9 Å². The zero-order chi connectivity index (χ0) is 20.5. The van der Waals surface area contributed by atoms with Crippen LogP contribution in [0.3, 0.4) is 0 Å². The minimum atomic E-state index is 0. The van der Waals surface area contributed by atoms with E-state index < -0.39 is 0 Å². The summed E-state index contributed by atoms with van der Waals surface area (Å²) in [6, 6.07) is 13.0. The van der Waals surface area contributed by atoms with Gasteiger partial charge in [-0.15, -0.1) is 24.0 Å². The Labute approximate surface area is 198 Å². The largest absolute Gasteiger partial charge is 0.468 e. The monoisotopic (exact) mass is 525 g/mol. The molecule has 0 bridgehead atoms. The number of hydrogen-bond acceptors (Lipinski definition) is 4. The van der Waals surface area contributed by atoms with Crippen molar-refractivity contribution in [3.63, 3.8) is 0 Å². The predicted octanol–water partition coefficient (Wildman–Crippen LogP) is 3.90. The summed E-state index contributed by atoms with van der Waals surface area (Å²) in [6.07, 6.45) is 5.23. The van der Waals surface area contributed by atoms with E-state index in [1.54, 1.807) is 6.26 Å². The van der Waals surface area contributed by atoms with Crippen LogP contribution in [0.15, 0.2) is 52.1 Å². The molecule has 0 radical (unpaired) electrons. The summed E-state index contributed by atoms with van der Waals surface area (Å²) in [7, 11) is 4.13. The summed E-state index contributed by atoms with van der Waals surface area (Å²) in [5, 5.41) is 6.84. The van der Waals surface area contributed by atoms with Gasteiger partial charge in [0.1, 0.15) is 5.76 Å². The van der Waals surface area contributed by atoms with Crippen LogP contribution in [0.1, 0.15) is 37.1 Å². The van der Waals surface area contributed by atoms with Crippen molar-refractivity contribution < 1.29 is 4.42 Å². The average molecular weight is 525 g/mol. The topological polar surface area (TPSA) is 56.0 Å². The molecule has 0 aliphatic carbocycles. The van der Waals surface area contributed by atoms with Gasteiger partial charge >= 0.3 is 0 Å². The third kappa shape index (κ3) is 7.19. The van der Waals surface area contributed by atoms with Gasteiger partial charge in [0.2, 0.25) is 0 Å². The molecule has 1 atom stereocenters. The van der Waals surface area contributed by atoms with Crippen molar-refractivity contribution in [2.75, 3.05) is 51.7 Å². The van der Waals surface area contributed by atoms with Gasteiger partial charge in [0.05, 0.1) is 18.8 Å². The zero-order valence-corrected chi connectivity index (χ0v) is 20.8. The highest BCUT2D eigenvalue weighted by Gasteiger charge is 2.25. The van der Waals surface area contributed by atoms with Crippen LogP contribution in [0.4, 0.5) is 5.69 Å². The molecule has 30 heavy (non-hydrogen) atoms. The van der Waals surface area contributed by atoms with E-state index in [-0.39, 0.29) is 30.0 Å². The van der Waals surface area contributed by atoms with Gasteiger partial charge in [-0.2, -0.15) is 0 Å². The fourth-order valence-electron chi connectivity index (χ4n) is 3.73. The second-order valence-electron chi connectivity index (χ2n) is 7.73. The molecular formula is C23H36IN5O. The normalized spacial score (nSPS) is 15.5. The summed E-state index contributed by atoms with van der Waals surface area (Å²) in [5.41, 5.74) is 2.55. The smallest absolute Gasteiger partial charge is 0.191 e. The molecule has 1 aromatic heterocycles. The number of anilines is 1. The highest BCUT2D eigenvalue weighted by atomic mass is 127. The van der Waals surface area contributed by atoms with Crippen LogP contribution in [0, 0.1) is 0 Å². The number of nitrogens with one attached hydrogen (secondary N) is 2. The van der Waals surface area contributed by atoms with Crippen LogP contribution in [0.5, 0.6) is 0 Å². The standard InChI is InChI=1S/C23H35N5O.HI/c1-4-24-23(25-14-13-19-9-11-20(12-10-19)27(2)3)26-18-21(22-8-7-17-29-22)28-15-5-6-16-28;/h7-12,17,21H,4-6,13-16,18H2,1-3H3,(H2,24,25,26);1H. The van der Waals surface area contributed by atoms with E-state index in [2.05, 4.69) is 71.8 Å². The highest BCUT2D eigenvalue weighted by Crippen LogP contribution is 2.25. The molecule has 1 unspecified atom stereocenters. The number of nitrogens with zero attached hydrogens (tertiary/aromatic N) is 3. The number of guanidine groups is 1. The van der Waals surface area contributed by atoms with Gasteiger partial charge < -0.3 is 20.0 Å². The maximum Gasteiger partial charge on any atom is 0.191 e. The van der Waals surface area contributed by atoms with E-state index in [0.717, 1.165) is 44.3 Å². The van der Waals surface area contributed by atoms with Crippen molar-refractivity contribution in [1.82, 2.24) is 15.5 Å². The molecule has 6 nitrogen and oxygen atoms in total. The Hall–Kier alpha value is -1.74. The van der Waals surface area contributed by atoms with E-state index >= 15 is 0 Å². The van der Waals surface area contributed by atoms with Crippen molar-refractivity contribution in [2.24, 2.45) is 4.99 Å². The fraction of sp³-hybridized carbons (Fsp3) is 0.522. The number of likely N-dealkylation sites (tertiary alicyclic amines) is 1. The maximum atomic E-state index is 5.71. The van der Waals surface area contributed by atoms with Crippen molar-refractivity contribution in [3.05, 3.63) is 54.0 Å². The third-order valence-corrected chi connectivity index (χ3v) is 5.38. The van der Waals surface area contributed by atoms with E-state index in [4.69, 9.17) is 9.41 Å². The van der Waals surface area contributed by atoms with Crippen molar-refractivity contribution in [3.8, 4) is 0 Å². The van der Waals surface area contributed by atoms with Crippen molar-refractivity contribution >= 4 is 35.6 Å². The molecule has 1 saturated heterocycles. The van der Waals surface area contributed by atoms with Crippen LogP contribution in [-0.2, 0) is 6.42 Å². The quantitative estimate of drug-likeness (QED) is 0.296. The van der Waals surface area contributed by atoms with Gasteiger partial charge in [-0.1, -0.05) is 12.1 Å². The number of halogens is 1. The molecule has 1 fully saturated rings. The van der Waals surface area contributed by atoms with Gasteiger partial charge in [0.15, 0.2) is 5.96 Å². The highest BCUT2D eigenvalue weighted by molar-refractivity contribution is 14.0. The van der Waals surface area contributed by atoms with Crippen LogP contribution in [0.25, 0.3) is 0 Å². The third-order valence-electron chi connectivity index (χ3n) is 5.38. The maximum absolute atomic E-state index is 5.71. The molecule has 2 N–H and O–H groups in total. The molecule has 0 spiro atoms. The first-order valence-electron chi connectivity index (χ1n) is 10.7. The first kappa shape index (κ1) is 24.5. The Morgan fingerprint density at radius 2 is 1.87 bits per heavy atom.